The van der Waals surface area contributed by atoms with Crippen molar-refractivity contribution in [1.82, 2.24) is 30.1 Å². The molecule has 9 nitrogen and oxygen atoms in total. The molecule has 0 aliphatic carbocycles. The van der Waals surface area contributed by atoms with Crippen LogP contribution in [0.25, 0.3) is 11.6 Å². The number of nitrogens with one attached hydrogen (secondary N) is 2. The molecule has 120 valence electrons. The SMILES string of the molecule is Cc1n[nH]c(C)c1S(=O)(=O)NCc1nnc(-c2ccccn2)o1. The van der Waals surface area contributed by atoms with Crippen molar-refractivity contribution in [2.24, 2.45) is 0 Å². The summed E-state index contributed by atoms with van der Waals surface area (Å²) in [5.74, 6) is 0.378. The summed E-state index contributed by atoms with van der Waals surface area (Å²) in [5.41, 5.74) is 1.39. The van der Waals surface area contributed by atoms with Crippen molar-refractivity contribution >= 4 is 10.0 Å². The van der Waals surface area contributed by atoms with Crippen molar-refractivity contribution in [3.8, 4) is 11.6 Å². The highest BCUT2D eigenvalue weighted by atomic mass is 32.2. The fourth-order valence-corrected chi connectivity index (χ4v) is 3.42. The fraction of sp³-hybridized carbons (Fsp3) is 0.231. The van der Waals surface area contributed by atoms with Crippen molar-refractivity contribution in [1.29, 1.82) is 0 Å². The predicted octanol–water partition coefficient (Wildman–Crippen LogP) is 0.950. The van der Waals surface area contributed by atoms with Gasteiger partial charge in [0, 0.05) is 6.20 Å². The highest BCUT2D eigenvalue weighted by Gasteiger charge is 2.23. The van der Waals surface area contributed by atoms with Gasteiger partial charge in [-0.25, -0.2) is 13.1 Å². The molecule has 0 radical (unpaired) electrons. The number of hydrogen-bond donors (Lipinski definition) is 2. The van der Waals surface area contributed by atoms with E-state index in [0.29, 0.717) is 17.1 Å². The van der Waals surface area contributed by atoms with Gasteiger partial charge in [0.15, 0.2) is 0 Å². The number of aryl methyl sites for hydroxylation is 2. The first-order valence-electron chi connectivity index (χ1n) is 6.72. The van der Waals surface area contributed by atoms with Crippen molar-refractivity contribution in [2.75, 3.05) is 0 Å². The summed E-state index contributed by atoms with van der Waals surface area (Å²) in [6.45, 7) is 3.14. The second kappa shape index (κ2) is 5.89. The van der Waals surface area contributed by atoms with Gasteiger partial charge in [0.2, 0.25) is 15.9 Å². The number of H-pyrrole nitrogens is 1. The lowest BCUT2D eigenvalue weighted by atomic mass is 10.3. The van der Waals surface area contributed by atoms with Crippen molar-refractivity contribution < 1.29 is 12.8 Å². The zero-order valence-electron chi connectivity index (χ0n) is 12.4. The number of aromatic nitrogens is 5. The molecule has 3 rings (SSSR count). The van der Waals surface area contributed by atoms with Crippen LogP contribution in [-0.4, -0.2) is 33.8 Å². The molecule has 0 bridgehead atoms. The number of rotatable bonds is 5. The summed E-state index contributed by atoms with van der Waals surface area (Å²) >= 11 is 0. The van der Waals surface area contributed by atoms with Crippen LogP contribution in [0.2, 0.25) is 0 Å². The largest absolute Gasteiger partial charge is 0.418 e. The number of hydrogen-bond acceptors (Lipinski definition) is 7. The summed E-state index contributed by atoms with van der Waals surface area (Å²) in [7, 11) is -3.72. The van der Waals surface area contributed by atoms with Crippen LogP contribution < -0.4 is 4.72 Å². The van der Waals surface area contributed by atoms with Gasteiger partial charge >= 0.3 is 0 Å². The molecule has 0 unspecified atom stereocenters. The highest BCUT2D eigenvalue weighted by Crippen LogP contribution is 2.17. The Balaban J connectivity index is 1.75. The van der Waals surface area contributed by atoms with Crippen molar-refractivity contribution in [3.63, 3.8) is 0 Å². The maximum atomic E-state index is 12.3. The highest BCUT2D eigenvalue weighted by molar-refractivity contribution is 7.89. The molecule has 2 N–H and O–H groups in total. The predicted molar refractivity (Wildman–Crippen MR) is 79.6 cm³/mol. The normalized spacial score (nSPS) is 11.7. The molecule has 10 heteroatoms. The number of pyridine rings is 1. The summed E-state index contributed by atoms with van der Waals surface area (Å²) < 4.78 is 32.5. The molecule has 3 aromatic rings. The van der Waals surface area contributed by atoms with Crippen LogP contribution in [0.15, 0.2) is 33.7 Å². The molecular formula is C13H14N6O3S. The second-order valence-corrected chi connectivity index (χ2v) is 6.51. The molecule has 3 heterocycles. The minimum atomic E-state index is -3.72. The molecule has 23 heavy (non-hydrogen) atoms. The molecular weight excluding hydrogens is 320 g/mol. The zero-order chi connectivity index (χ0) is 16.4. The van der Waals surface area contributed by atoms with Gasteiger partial charge in [-0.1, -0.05) is 6.07 Å². The Labute approximate surface area is 132 Å². The third kappa shape index (κ3) is 3.12. The summed E-state index contributed by atoms with van der Waals surface area (Å²) in [6, 6.07) is 5.28. The monoisotopic (exact) mass is 334 g/mol. The molecule has 0 saturated heterocycles. The Bertz CT molecular complexity index is 897. The molecule has 0 spiro atoms. The summed E-state index contributed by atoms with van der Waals surface area (Å²) in [6.07, 6.45) is 1.60. The Kier molecular flexibility index (Phi) is 3.92. The van der Waals surface area contributed by atoms with Gasteiger partial charge in [0.05, 0.1) is 17.9 Å². The Morgan fingerprint density at radius 2 is 2.09 bits per heavy atom. The van der Waals surface area contributed by atoms with Gasteiger partial charge in [0.1, 0.15) is 10.6 Å². The third-order valence-electron chi connectivity index (χ3n) is 3.09. The van der Waals surface area contributed by atoms with E-state index >= 15 is 0 Å². The van der Waals surface area contributed by atoms with Gasteiger partial charge in [0.25, 0.3) is 5.89 Å². The van der Waals surface area contributed by atoms with Gasteiger partial charge in [-0.2, -0.15) is 5.10 Å². The van der Waals surface area contributed by atoms with Gasteiger partial charge in [-0.05, 0) is 26.0 Å². The first kappa shape index (κ1) is 15.3. The van der Waals surface area contributed by atoms with E-state index in [1.807, 2.05) is 0 Å². The van der Waals surface area contributed by atoms with Crippen LogP contribution in [0.5, 0.6) is 0 Å². The van der Waals surface area contributed by atoms with E-state index in [0.717, 1.165) is 0 Å². The maximum absolute atomic E-state index is 12.3. The molecule has 0 aromatic carbocycles. The van der Waals surface area contributed by atoms with E-state index in [1.165, 1.54) is 0 Å². The quantitative estimate of drug-likeness (QED) is 0.711. The second-order valence-electron chi connectivity index (χ2n) is 4.80. The van der Waals surface area contributed by atoms with Gasteiger partial charge in [-0.15, -0.1) is 10.2 Å². The van der Waals surface area contributed by atoms with Crippen LogP contribution in [0, 0.1) is 13.8 Å². The summed E-state index contributed by atoms with van der Waals surface area (Å²) in [4.78, 5) is 4.21. The van der Waals surface area contributed by atoms with Gasteiger partial charge in [-0.3, -0.25) is 10.1 Å². The lowest BCUT2D eigenvalue weighted by Gasteiger charge is -2.04. The number of nitrogens with zero attached hydrogens (tertiary/aromatic N) is 4. The van der Waals surface area contributed by atoms with Crippen LogP contribution >= 0.6 is 0 Å². The standard InChI is InChI=1S/C13H14N6O3S/c1-8-12(9(2)17-16-8)23(20,21)15-7-11-18-19-13(22-11)10-5-3-4-6-14-10/h3-6,15H,7H2,1-2H3,(H,16,17). The molecule has 0 atom stereocenters. The van der Waals surface area contributed by atoms with E-state index in [9.17, 15) is 8.42 Å². The van der Waals surface area contributed by atoms with Gasteiger partial charge < -0.3 is 4.42 Å². The van der Waals surface area contributed by atoms with Crippen LogP contribution in [0.1, 0.15) is 17.3 Å². The van der Waals surface area contributed by atoms with E-state index in [1.54, 1.807) is 38.2 Å². The first-order valence-corrected chi connectivity index (χ1v) is 8.21. The molecule has 0 aliphatic heterocycles. The van der Waals surface area contributed by atoms with Crippen LogP contribution in [-0.2, 0) is 16.6 Å². The molecule has 3 aromatic heterocycles. The Morgan fingerprint density at radius 3 is 2.74 bits per heavy atom. The maximum Gasteiger partial charge on any atom is 0.266 e. The minimum absolute atomic E-state index is 0.119. The molecule has 0 amide bonds. The van der Waals surface area contributed by atoms with E-state index in [4.69, 9.17) is 4.42 Å². The van der Waals surface area contributed by atoms with E-state index in [2.05, 4.69) is 30.1 Å². The topological polar surface area (TPSA) is 127 Å². The van der Waals surface area contributed by atoms with Crippen molar-refractivity contribution in [3.05, 3.63) is 41.7 Å². The molecule has 0 saturated carbocycles. The number of aromatic amines is 1. The van der Waals surface area contributed by atoms with Crippen LogP contribution in [0.3, 0.4) is 0 Å². The molecule has 0 fully saturated rings. The van der Waals surface area contributed by atoms with Crippen molar-refractivity contribution in [2.45, 2.75) is 25.3 Å². The molecule has 0 aliphatic rings. The summed E-state index contributed by atoms with van der Waals surface area (Å²) in [5, 5.41) is 14.2. The zero-order valence-corrected chi connectivity index (χ0v) is 13.3. The number of sulfonamides is 1. The first-order chi connectivity index (χ1) is 11.0. The van der Waals surface area contributed by atoms with E-state index in [-0.39, 0.29) is 23.2 Å². The Morgan fingerprint density at radius 1 is 1.26 bits per heavy atom. The third-order valence-corrected chi connectivity index (χ3v) is 4.76. The Hall–Kier alpha value is -2.59. The average molecular weight is 334 g/mol. The van der Waals surface area contributed by atoms with Crippen LogP contribution in [0.4, 0.5) is 0 Å². The van der Waals surface area contributed by atoms with E-state index < -0.39 is 10.0 Å². The minimum Gasteiger partial charge on any atom is -0.418 e. The smallest absolute Gasteiger partial charge is 0.266 e. The lowest BCUT2D eigenvalue weighted by molar-refractivity contribution is 0.493. The lowest BCUT2D eigenvalue weighted by Crippen LogP contribution is -2.24. The fourth-order valence-electron chi connectivity index (χ4n) is 2.08. The average Bonchev–Trinajstić information content (AvgIpc) is 3.13.